The highest BCUT2D eigenvalue weighted by Gasteiger charge is 1.98. The zero-order valence-corrected chi connectivity index (χ0v) is 10.3. The van der Waals surface area contributed by atoms with Gasteiger partial charge in [-0.05, 0) is 32.0 Å². The summed E-state index contributed by atoms with van der Waals surface area (Å²) in [4.78, 5) is 10.3. The van der Waals surface area contributed by atoms with E-state index >= 15 is 0 Å². The fourth-order valence-corrected chi connectivity index (χ4v) is 1.26. The zero-order valence-electron chi connectivity index (χ0n) is 10.3. The second-order valence-corrected chi connectivity index (χ2v) is 3.91. The van der Waals surface area contributed by atoms with Crippen LogP contribution >= 0.6 is 0 Å². The molecule has 0 atom stereocenters. The molecule has 0 aliphatic rings. The van der Waals surface area contributed by atoms with Crippen molar-refractivity contribution in [1.29, 1.82) is 0 Å². The Morgan fingerprint density at radius 1 is 1.11 bits per heavy atom. The van der Waals surface area contributed by atoms with E-state index < -0.39 is 5.97 Å². The van der Waals surface area contributed by atoms with E-state index in [0.29, 0.717) is 5.56 Å². The van der Waals surface area contributed by atoms with Crippen molar-refractivity contribution in [1.82, 2.24) is 0 Å². The third-order valence-electron chi connectivity index (χ3n) is 2.22. The number of nitrogens with zero attached hydrogens (tertiary/aromatic N) is 1. The lowest BCUT2D eigenvalue weighted by Gasteiger charge is -1.92. The van der Waals surface area contributed by atoms with Gasteiger partial charge < -0.3 is 10.3 Å². The monoisotopic (exact) mass is 245 g/mol. The highest BCUT2D eigenvalue weighted by Crippen LogP contribution is 2.01. The van der Waals surface area contributed by atoms with Crippen LogP contribution in [0, 0.1) is 19.1 Å². The van der Waals surface area contributed by atoms with Crippen molar-refractivity contribution in [2.24, 2.45) is 0 Å². The maximum absolute atomic E-state index is 10.4. The average molecular weight is 245 g/mol. The number of aromatic nitrogens is 1. The number of carboxylic acid groups (broad SMARTS) is 1. The predicted molar refractivity (Wildman–Crippen MR) is 68.3 cm³/mol. The van der Waals surface area contributed by atoms with Crippen LogP contribution in [0.15, 0.2) is 48.8 Å². The summed E-state index contributed by atoms with van der Waals surface area (Å²) in [6, 6.07) is 10.4. The van der Waals surface area contributed by atoms with Gasteiger partial charge in [0, 0.05) is 11.6 Å². The standard InChI is InChI=1S/C8H8O2.C6H7NO/c1-6-2-4-7(5-3-6)8(9)10;1-6-3-2-4-7(8)5-6/h2-5H,1H3,(H,9,10);2-5H,1H3. The Labute approximate surface area is 106 Å². The Morgan fingerprint density at radius 3 is 2.11 bits per heavy atom. The van der Waals surface area contributed by atoms with Gasteiger partial charge in [-0.2, -0.15) is 4.73 Å². The summed E-state index contributed by atoms with van der Waals surface area (Å²) in [5, 5.41) is 18.9. The van der Waals surface area contributed by atoms with Gasteiger partial charge in [-0.25, -0.2) is 4.79 Å². The first kappa shape index (κ1) is 13.7. The molecule has 0 aliphatic heterocycles. The van der Waals surface area contributed by atoms with E-state index in [1.807, 2.05) is 19.9 Å². The van der Waals surface area contributed by atoms with E-state index in [1.54, 1.807) is 30.3 Å². The van der Waals surface area contributed by atoms with Gasteiger partial charge in [0.25, 0.3) is 0 Å². The molecule has 94 valence electrons. The summed E-state index contributed by atoms with van der Waals surface area (Å²) >= 11 is 0. The third-order valence-corrected chi connectivity index (χ3v) is 2.22. The molecule has 4 heteroatoms. The molecule has 1 aromatic heterocycles. The van der Waals surface area contributed by atoms with Crippen molar-refractivity contribution in [2.75, 3.05) is 0 Å². The molecule has 0 radical (unpaired) electrons. The van der Waals surface area contributed by atoms with Gasteiger partial charge in [0.2, 0.25) is 0 Å². The van der Waals surface area contributed by atoms with Crippen LogP contribution in [0.4, 0.5) is 0 Å². The van der Waals surface area contributed by atoms with Crippen molar-refractivity contribution in [3.63, 3.8) is 0 Å². The molecule has 0 saturated heterocycles. The fraction of sp³-hybridized carbons (Fsp3) is 0.143. The zero-order chi connectivity index (χ0) is 13.5. The summed E-state index contributed by atoms with van der Waals surface area (Å²) in [6.07, 6.45) is 2.99. The molecule has 0 unspecified atom stereocenters. The Bertz CT molecular complexity index is 504. The smallest absolute Gasteiger partial charge is 0.335 e. The van der Waals surface area contributed by atoms with Gasteiger partial charge in [-0.1, -0.05) is 17.7 Å². The molecule has 1 heterocycles. The van der Waals surface area contributed by atoms with Gasteiger partial charge in [-0.15, -0.1) is 0 Å². The van der Waals surface area contributed by atoms with Crippen molar-refractivity contribution in [3.05, 3.63) is 70.7 Å². The number of rotatable bonds is 1. The van der Waals surface area contributed by atoms with Crippen LogP contribution in [0.5, 0.6) is 0 Å². The molecule has 1 N–H and O–H groups in total. The molecule has 2 rings (SSSR count). The first-order valence-corrected chi connectivity index (χ1v) is 5.44. The first-order chi connectivity index (χ1) is 8.49. The highest BCUT2D eigenvalue weighted by atomic mass is 16.5. The summed E-state index contributed by atoms with van der Waals surface area (Å²) in [6.45, 7) is 3.81. The molecule has 0 spiro atoms. The second kappa shape index (κ2) is 6.39. The predicted octanol–water partition coefficient (Wildman–Crippen LogP) is 2.32. The lowest BCUT2D eigenvalue weighted by molar-refractivity contribution is -0.605. The fourth-order valence-electron chi connectivity index (χ4n) is 1.26. The number of hydrogen-bond donors (Lipinski definition) is 1. The molecule has 18 heavy (non-hydrogen) atoms. The molecule has 0 aliphatic carbocycles. The van der Waals surface area contributed by atoms with Crippen LogP contribution in [0.3, 0.4) is 0 Å². The van der Waals surface area contributed by atoms with Crippen LogP contribution < -0.4 is 4.73 Å². The largest absolute Gasteiger partial charge is 0.619 e. The van der Waals surface area contributed by atoms with Crippen molar-refractivity contribution >= 4 is 5.97 Å². The van der Waals surface area contributed by atoms with E-state index in [-0.39, 0.29) is 0 Å². The number of aromatic carboxylic acids is 1. The quantitative estimate of drug-likeness (QED) is 0.619. The van der Waals surface area contributed by atoms with Crippen LogP contribution in [0.25, 0.3) is 0 Å². The average Bonchev–Trinajstić information content (AvgIpc) is 2.30. The van der Waals surface area contributed by atoms with Gasteiger partial charge in [0.1, 0.15) is 0 Å². The van der Waals surface area contributed by atoms with Crippen LogP contribution in [0.1, 0.15) is 21.5 Å². The maximum atomic E-state index is 10.4. The molecular weight excluding hydrogens is 230 g/mol. The summed E-state index contributed by atoms with van der Waals surface area (Å²) in [5.41, 5.74) is 2.40. The molecular formula is C14H15NO3. The van der Waals surface area contributed by atoms with Crippen molar-refractivity contribution < 1.29 is 14.6 Å². The number of carbonyl (C=O) groups is 1. The van der Waals surface area contributed by atoms with Crippen LogP contribution in [0.2, 0.25) is 0 Å². The Morgan fingerprint density at radius 2 is 1.72 bits per heavy atom. The van der Waals surface area contributed by atoms with Gasteiger partial charge in [0.05, 0.1) is 5.56 Å². The molecule has 0 bridgehead atoms. The van der Waals surface area contributed by atoms with Gasteiger partial charge in [-0.3, -0.25) is 0 Å². The van der Waals surface area contributed by atoms with E-state index in [1.165, 1.54) is 12.4 Å². The topological polar surface area (TPSA) is 64.2 Å². The number of hydrogen-bond acceptors (Lipinski definition) is 2. The highest BCUT2D eigenvalue weighted by molar-refractivity contribution is 5.87. The molecule has 4 nitrogen and oxygen atoms in total. The Hall–Kier alpha value is -2.36. The van der Waals surface area contributed by atoms with Crippen molar-refractivity contribution in [2.45, 2.75) is 13.8 Å². The van der Waals surface area contributed by atoms with Gasteiger partial charge >= 0.3 is 5.97 Å². The SMILES string of the molecule is Cc1ccc(C(=O)O)cc1.Cc1ccc[n+]([O-])c1. The molecule has 1 aromatic carbocycles. The molecule has 2 aromatic rings. The number of aryl methyl sites for hydroxylation is 2. The molecule has 0 saturated carbocycles. The second-order valence-electron chi connectivity index (χ2n) is 3.91. The molecule has 0 amide bonds. The van der Waals surface area contributed by atoms with Gasteiger partial charge in [0.15, 0.2) is 12.4 Å². The first-order valence-electron chi connectivity index (χ1n) is 5.44. The minimum atomic E-state index is -0.875. The Kier molecular flexibility index (Phi) is 4.87. The maximum Gasteiger partial charge on any atom is 0.335 e. The van der Waals surface area contributed by atoms with Crippen LogP contribution in [-0.2, 0) is 0 Å². The van der Waals surface area contributed by atoms with Crippen LogP contribution in [-0.4, -0.2) is 11.1 Å². The Balaban J connectivity index is 0.000000184. The van der Waals surface area contributed by atoms with E-state index in [0.717, 1.165) is 15.9 Å². The number of benzene rings is 1. The molecule has 0 fully saturated rings. The lowest BCUT2D eigenvalue weighted by Crippen LogP contribution is -2.23. The lowest BCUT2D eigenvalue weighted by atomic mass is 10.2. The minimum absolute atomic E-state index is 0.339. The van der Waals surface area contributed by atoms with E-state index in [4.69, 9.17) is 5.11 Å². The van der Waals surface area contributed by atoms with E-state index in [2.05, 4.69) is 0 Å². The minimum Gasteiger partial charge on any atom is -0.619 e. The number of pyridine rings is 1. The van der Waals surface area contributed by atoms with E-state index in [9.17, 15) is 10.0 Å². The third kappa shape index (κ3) is 4.65. The van der Waals surface area contributed by atoms with Crippen molar-refractivity contribution in [3.8, 4) is 0 Å². The summed E-state index contributed by atoms with van der Waals surface area (Å²) in [5.74, 6) is -0.875. The summed E-state index contributed by atoms with van der Waals surface area (Å²) in [7, 11) is 0. The normalized spacial score (nSPS) is 9.22. The summed E-state index contributed by atoms with van der Waals surface area (Å²) < 4.78 is 0.787. The number of carboxylic acids is 1.